The predicted molar refractivity (Wildman–Crippen MR) is 123 cm³/mol. The van der Waals surface area contributed by atoms with Crippen LogP contribution in [0.5, 0.6) is 0 Å². The van der Waals surface area contributed by atoms with Crippen LogP contribution in [0.4, 0.5) is 13.8 Å². The fourth-order valence-corrected chi connectivity index (χ4v) is 7.11. The number of ketones is 1. The van der Waals surface area contributed by atoms with Crippen molar-refractivity contribution in [3.63, 3.8) is 0 Å². The van der Waals surface area contributed by atoms with E-state index >= 15 is 0 Å². The van der Waals surface area contributed by atoms with Gasteiger partial charge >= 0.3 is 5.97 Å². The number of hydrogen-bond donors (Lipinski definition) is 2. The summed E-state index contributed by atoms with van der Waals surface area (Å²) >= 11 is 1.46. The summed E-state index contributed by atoms with van der Waals surface area (Å²) in [4.78, 5) is 39.0. The van der Waals surface area contributed by atoms with Gasteiger partial charge < -0.3 is 10.4 Å². The van der Waals surface area contributed by atoms with Crippen LogP contribution < -0.4 is 5.32 Å². The minimum atomic E-state index is -2.53. The molecule has 2 fully saturated rings. The molecule has 0 saturated heterocycles. The molecule has 182 valence electrons. The number of hydrogen-bond acceptors (Lipinski definition) is 4. The Balaban J connectivity index is 1.40. The first-order valence-corrected chi connectivity index (χ1v) is 13.2. The van der Waals surface area contributed by atoms with E-state index in [1.807, 2.05) is 0 Å². The number of rotatable bonds is 8. The number of carboxylic acid groups (broad SMARTS) is 1. The molecule has 0 aromatic carbocycles. The van der Waals surface area contributed by atoms with Crippen molar-refractivity contribution in [2.24, 2.45) is 17.8 Å². The van der Waals surface area contributed by atoms with Crippen LogP contribution in [-0.2, 0) is 22.4 Å². The molecule has 0 radical (unpaired) electrons. The van der Waals surface area contributed by atoms with E-state index in [-0.39, 0.29) is 30.4 Å². The second-order valence-corrected chi connectivity index (χ2v) is 11.1. The highest BCUT2D eigenvalue weighted by atomic mass is 32.1. The van der Waals surface area contributed by atoms with Crippen molar-refractivity contribution in [3.8, 4) is 0 Å². The van der Waals surface area contributed by atoms with Crippen LogP contribution in [-0.4, -0.2) is 28.7 Å². The van der Waals surface area contributed by atoms with Crippen molar-refractivity contribution >= 4 is 34.0 Å². The number of aliphatic carboxylic acids is 1. The van der Waals surface area contributed by atoms with Gasteiger partial charge in [-0.15, -0.1) is 11.3 Å². The van der Waals surface area contributed by atoms with Gasteiger partial charge in [-0.3, -0.25) is 14.4 Å². The van der Waals surface area contributed by atoms with Gasteiger partial charge in [-0.05, 0) is 62.8 Å². The van der Waals surface area contributed by atoms with Gasteiger partial charge in [-0.2, -0.15) is 0 Å². The maximum absolute atomic E-state index is 13.4. The third kappa shape index (κ3) is 5.64. The van der Waals surface area contributed by atoms with Crippen molar-refractivity contribution in [1.29, 1.82) is 0 Å². The molecule has 2 atom stereocenters. The summed E-state index contributed by atoms with van der Waals surface area (Å²) in [7, 11) is 0. The number of carbonyl (C=O) groups is 3. The van der Waals surface area contributed by atoms with Gasteiger partial charge in [0.25, 0.3) is 0 Å². The Hall–Kier alpha value is -1.83. The smallest absolute Gasteiger partial charge is 0.307 e. The molecule has 8 heteroatoms. The molecule has 1 aromatic rings. The minimum Gasteiger partial charge on any atom is -0.481 e. The molecule has 0 spiro atoms. The van der Waals surface area contributed by atoms with Gasteiger partial charge in [-0.1, -0.05) is 19.3 Å². The molecule has 3 aliphatic rings. The summed E-state index contributed by atoms with van der Waals surface area (Å²) in [5.41, 5.74) is 1.65. The number of anilines is 1. The highest BCUT2D eigenvalue weighted by Gasteiger charge is 2.37. The van der Waals surface area contributed by atoms with E-state index in [0.29, 0.717) is 49.1 Å². The zero-order chi connectivity index (χ0) is 23.6. The fraction of sp³-hybridized carbons (Fsp3) is 0.720. The number of carbonyl (C=O) groups excluding carboxylic acids is 2. The molecule has 1 aromatic heterocycles. The Kier molecular flexibility index (Phi) is 7.51. The van der Waals surface area contributed by atoms with E-state index in [1.165, 1.54) is 11.3 Å². The molecular weight excluding hydrogens is 448 g/mol. The number of halogens is 2. The summed E-state index contributed by atoms with van der Waals surface area (Å²) in [6.45, 7) is 0. The number of thiophene rings is 1. The first kappa shape index (κ1) is 24.3. The van der Waals surface area contributed by atoms with E-state index in [0.717, 1.165) is 49.0 Å². The Morgan fingerprint density at radius 1 is 1.00 bits per heavy atom. The predicted octanol–water partition coefficient (Wildman–Crippen LogP) is 6.24. The molecule has 5 nitrogen and oxygen atoms in total. The third-order valence-corrected chi connectivity index (χ3v) is 8.92. The quantitative estimate of drug-likeness (QED) is 0.430. The number of fused-ring (bicyclic) bond motifs is 1. The number of amides is 1. The van der Waals surface area contributed by atoms with Crippen LogP contribution in [0.25, 0.3) is 0 Å². The first-order chi connectivity index (χ1) is 15.7. The molecule has 2 unspecified atom stereocenters. The summed E-state index contributed by atoms with van der Waals surface area (Å²) in [6.07, 6.45) is 8.13. The summed E-state index contributed by atoms with van der Waals surface area (Å²) in [5, 5.41) is 13.0. The van der Waals surface area contributed by atoms with Gasteiger partial charge in [0.15, 0.2) is 5.78 Å². The molecule has 0 aliphatic heterocycles. The lowest BCUT2D eigenvalue weighted by Crippen LogP contribution is -2.36. The number of carboxylic acids is 1. The van der Waals surface area contributed by atoms with Gasteiger partial charge in [0, 0.05) is 24.1 Å². The zero-order valence-electron chi connectivity index (χ0n) is 19.0. The largest absolute Gasteiger partial charge is 0.481 e. The van der Waals surface area contributed by atoms with Gasteiger partial charge in [0.05, 0.1) is 17.4 Å². The van der Waals surface area contributed by atoms with Gasteiger partial charge in [-0.25, -0.2) is 8.78 Å². The second kappa shape index (κ2) is 10.2. The number of alkyl halides is 2. The van der Waals surface area contributed by atoms with Crippen molar-refractivity contribution in [3.05, 3.63) is 16.0 Å². The fourth-order valence-electron chi connectivity index (χ4n) is 5.80. The Morgan fingerprint density at radius 2 is 1.70 bits per heavy atom. The first-order valence-electron chi connectivity index (χ1n) is 12.3. The van der Waals surface area contributed by atoms with E-state index in [9.17, 15) is 28.3 Å². The molecule has 4 rings (SSSR count). The maximum atomic E-state index is 13.4. The lowest BCUT2D eigenvalue weighted by atomic mass is 9.78. The zero-order valence-corrected chi connectivity index (χ0v) is 19.8. The SMILES string of the molecule is O=C(CCCC1CCC(F)(F)CC1)c1c(NC(=O)C2CCCCC2C(=O)O)sc2c1CCC2. The normalized spacial score (nSPS) is 24.9. The Labute approximate surface area is 197 Å². The molecule has 0 bridgehead atoms. The van der Waals surface area contributed by atoms with Crippen LogP contribution >= 0.6 is 11.3 Å². The lowest BCUT2D eigenvalue weighted by Gasteiger charge is -2.28. The van der Waals surface area contributed by atoms with Gasteiger partial charge in [0.2, 0.25) is 11.8 Å². The summed E-state index contributed by atoms with van der Waals surface area (Å²) < 4.78 is 26.7. The van der Waals surface area contributed by atoms with Crippen LogP contribution in [0.1, 0.15) is 97.8 Å². The second-order valence-electron chi connectivity index (χ2n) is 10.0. The average molecular weight is 482 g/mol. The molecule has 1 heterocycles. The average Bonchev–Trinajstić information content (AvgIpc) is 3.35. The third-order valence-electron chi connectivity index (χ3n) is 7.71. The van der Waals surface area contributed by atoms with Crippen LogP contribution in [0.15, 0.2) is 0 Å². The molecule has 3 aliphatic carbocycles. The van der Waals surface area contributed by atoms with E-state index < -0.39 is 23.7 Å². The van der Waals surface area contributed by atoms with E-state index in [4.69, 9.17) is 0 Å². The summed E-state index contributed by atoms with van der Waals surface area (Å²) in [6, 6.07) is 0. The van der Waals surface area contributed by atoms with Crippen molar-refractivity contribution in [2.75, 3.05) is 5.32 Å². The molecule has 33 heavy (non-hydrogen) atoms. The highest BCUT2D eigenvalue weighted by Crippen LogP contribution is 2.42. The van der Waals surface area contributed by atoms with E-state index in [1.54, 1.807) is 0 Å². The number of nitrogens with one attached hydrogen (secondary N) is 1. The molecule has 2 saturated carbocycles. The van der Waals surface area contributed by atoms with E-state index in [2.05, 4.69) is 5.32 Å². The maximum Gasteiger partial charge on any atom is 0.307 e. The molecule has 1 amide bonds. The Bertz CT molecular complexity index is 902. The topological polar surface area (TPSA) is 83.5 Å². The van der Waals surface area contributed by atoms with Gasteiger partial charge in [0.1, 0.15) is 5.00 Å². The number of aryl methyl sites for hydroxylation is 1. The van der Waals surface area contributed by atoms with Crippen LogP contribution in [0.3, 0.4) is 0 Å². The standard InChI is InChI=1S/C25H33F2NO4S/c26-25(27)13-11-15(12-14-25)5-3-9-19(29)21-18-8-4-10-20(18)33-23(21)28-22(30)16-6-1-2-7-17(16)24(31)32/h15-17H,1-14H2,(H,28,30)(H,31,32). The van der Waals surface area contributed by atoms with Crippen LogP contribution in [0.2, 0.25) is 0 Å². The lowest BCUT2D eigenvalue weighted by molar-refractivity contribution is -0.147. The van der Waals surface area contributed by atoms with Crippen molar-refractivity contribution in [1.82, 2.24) is 0 Å². The van der Waals surface area contributed by atoms with Crippen LogP contribution in [0, 0.1) is 17.8 Å². The van der Waals surface area contributed by atoms with Crippen molar-refractivity contribution in [2.45, 2.75) is 95.8 Å². The minimum absolute atomic E-state index is 0.00395. The molecular formula is C25H33F2NO4S. The highest BCUT2D eigenvalue weighted by molar-refractivity contribution is 7.17. The Morgan fingerprint density at radius 3 is 2.39 bits per heavy atom. The number of Topliss-reactive ketones (excluding diaryl/α,β-unsaturated/α-hetero) is 1. The monoisotopic (exact) mass is 481 g/mol. The van der Waals surface area contributed by atoms with Crippen molar-refractivity contribution < 1.29 is 28.3 Å². The molecule has 2 N–H and O–H groups in total. The summed E-state index contributed by atoms with van der Waals surface area (Å²) in [5.74, 6) is -4.74.